The van der Waals surface area contributed by atoms with E-state index in [1.807, 2.05) is 18.5 Å². The number of aryl methyl sites for hydroxylation is 1. The van der Waals surface area contributed by atoms with Crippen LogP contribution in [-0.4, -0.2) is 41.2 Å². The lowest BCUT2D eigenvalue weighted by Crippen LogP contribution is -2.51. The Bertz CT molecular complexity index is 999. The van der Waals surface area contributed by atoms with Crippen LogP contribution >= 0.6 is 24.0 Å². The molecule has 176 valence electrons. The third kappa shape index (κ3) is 7.22. The number of halogens is 1. The van der Waals surface area contributed by atoms with E-state index in [0.29, 0.717) is 12.6 Å². The Labute approximate surface area is 214 Å². The van der Waals surface area contributed by atoms with Crippen molar-refractivity contribution in [3.8, 4) is 0 Å². The zero-order valence-electron chi connectivity index (χ0n) is 19.6. The summed E-state index contributed by atoms with van der Waals surface area (Å²) in [6, 6.07) is 19.7. The third-order valence-electron chi connectivity index (χ3n) is 5.88. The third-order valence-corrected chi connectivity index (χ3v) is 5.88. The van der Waals surface area contributed by atoms with Crippen LogP contribution in [-0.2, 0) is 13.1 Å². The average molecular weight is 559 g/mol. The molecule has 0 aliphatic carbocycles. The van der Waals surface area contributed by atoms with Gasteiger partial charge in [-0.3, -0.25) is 0 Å². The standard InChI is InChI=1S/C26H34N6.HI/c1-3-27-26(29-18-25-28-15-17-32(25)19-22-8-5-4-6-9-22)30-23-10-7-16-31(20-23)24-13-11-21(2)12-14-24;/h4-6,8-9,11-15,17,23H,3,7,10,16,18-20H2,1-2H3,(H2,27,29,30);1H. The number of aliphatic imine (C=N–C) groups is 1. The lowest BCUT2D eigenvalue weighted by Gasteiger charge is -2.35. The van der Waals surface area contributed by atoms with Crippen molar-refractivity contribution >= 4 is 35.6 Å². The summed E-state index contributed by atoms with van der Waals surface area (Å²) in [5.41, 5.74) is 3.86. The van der Waals surface area contributed by atoms with Crippen LogP contribution in [0.25, 0.3) is 0 Å². The molecule has 6 nitrogen and oxygen atoms in total. The molecule has 1 aromatic heterocycles. The van der Waals surface area contributed by atoms with Crippen LogP contribution in [0.1, 0.15) is 36.7 Å². The van der Waals surface area contributed by atoms with E-state index in [9.17, 15) is 0 Å². The van der Waals surface area contributed by atoms with Crippen molar-refractivity contribution in [2.24, 2.45) is 4.99 Å². The van der Waals surface area contributed by atoms with Crippen molar-refractivity contribution in [1.29, 1.82) is 0 Å². The number of hydrogen-bond donors (Lipinski definition) is 2. The average Bonchev–Trinajstić information content (AvgIpc) is 3.26. The highest BCUT2D eigenvalue weighted by atomic mass is 127. The van der Waals surface area contributed by atoms with E-state index in [2.05, 4.69) is 87.5 Å². The summed E-state index contributed by atoms with van der Waals surface area (Å²) in [5.74, 6) is 1.83. The number of piperidine rings is 1. The zero-order valence-corrected chi connectivity index (χ0v) is 21.9. The van der Waals surface area contributed by atoms with Gasteiger partial charge in [-0.25, -0.2) is 9.98 Å². The van der Waals surface area contributed by atoms with Crippen molar-refractivity contribution in [1.82, 2.24) is 20.2 Å². The van der Waals surface area contributed by atoms with Gasteiger partial charge < -0.3 is 20.1 Å². The quantitative estimate of drug-likeness (QED) is 0.253. The number of nitrogens with one attached hydrogen (secondary N) is 2. The van der Waals surface area contributed by atoms with Gasteiger partial charge in [0, 0.05) is 50.3 Å². The van der Waals surface area contributed by atoms with Gasteiger partial charge >= 0.3 is 0 Å². The van der Waals surface area contributed by atoms with Crippen LogP contribution in [0, 0.1) is 6.92 Å². The van der Waals surface area contributed by atoms with E-state index in [-0.39, 0.29) is 24.0 Å². The molecular weight excluding hydrogens is 523 g/mol. The highest BCUT2D eigenvalue weighted by Crippen LogP contribution is 2.20. The summed E-state index contributed by atoms with van der Waals surface area (Å²) in [7, 11) is 0. The molecule has 1 atom stereocenters. The predicted molar refractivity (Wildman–Crippen MR) is 148 cm³/mol. The number of hydrogen-bond acceptors (Lipinski definition) is 3. The SMILES string of the molecule is CCNC(=NCc1nccn1Cc1ccccc1)NC1CCCN(c2ccc(C)cc2)C1.I. The number of guanidine groups is 1. The van der Waals surface area contributed by atoms with Gasteiger partial charge in [-0.2, -0.15) is 0 Å². The molecule has 1 aliphatic rings. The molecule has 0 radical (unpaired) electrons. The molecule has 2 aromatic carbocycles. The summed E-state index contributed by atoms with van der Waals surface area (Å²) in [4.78, 5) is 11.9. The lowest BCUT2D eigenvalue weighted by atomic mass is 10.0. The van der Waals surface area contributed by atoms with Gasteiger partial charge in [0.1, 0.15) is 12.4 Å². The smallest absolute Gasteiger partial charge is 0.191 e. The monoisotopic (exact) mass is 558 g/mol. The van der Waals surface area contributed by atoms with Crippen LogP contribution < -0.4 is 15.5 Å². The second kappa shape index (κ2) is 12.6. The van der Waals surface area contributed by atoms with Crippen LogP contribution in [0.3, 0.4) is 0 Å². The second-order valence-electron chi connectivity index (χ2n) is 8.42. The molecule has 0 saturated carbocycles. The van der Waals surface area contributed by atoms with E-state index >= 15 is 0 Å². The first-order valence-corrected chi connectivity index (χ1v) is 11.6. The molecule has 2 N–H and O–H groups in total. The van der Waals surface area contributed by atoms with Gasteiger partial charge in [-0.15, -0.1) is 24.0 Å². The highest BCUT2D eigenvalue weighted by Gasteiger charge is 2.21. The fourth-order valence-electron chi connectivity index (χ4n) is 4.16. The molecule has 1 fully saturated rings. The van der Waals surface area contributed by atoms with Gasteiger partial charge in [-0.1, -0.05) is 48.0 Å². The number of nitrogens with zero attached hydrogens (tertiary/aromatic N) is 4. The first-order chi connectivity index (χ1) is 15.7. The Morgan fingerprint density at radius 3 is 2.67 bits per heavy atom. The Morgan fingerprint density at radius 1 is 1.12 bits per heavy atom. The predicted octanol–water partition coefficient (Wildman–Crippen LogP) is 4.58. The molecule has 0 bridgehead atoms. The molecule has 0 amide bonds. The molecule has 2 heterocycles. The van der Waals surface area contributed by atoms with Crippen LogP contribution in [0.15, 0.2) is 72.0 Å². The van der Waals surface area contributed by atoms with E-state index < -0.39 is 0 Å². The molecule has 7 heteroatoms. The van der Waals surface area contributed by atoms with Crippen molar-refractivity contribution < 1.29 is 0 Å². The van der Waals surface area contributed by atoms with Crippen LogP contribution in [0.2, 0.25) is 0 Å². The molecule has 0 spiro atoms. The largest absolute Gasteiger partial charge is 0.369 e. The maximum Gasteiger partial charge on any atom is 0.191 e. The van der Waals surface area contributed by atoms with Crippen LogP contribution in [0.4, 0.5) is 5.69 Å². The molecule has 1 aliphatic heterocycles. The van der Waals surface area contributed by atoms with Crippen molar-refractivity contribution in [2.75, 3.05) is 24.5 Å². The topological polar surface area (TPSA) is 57.5 Å². The van der Waals surface area contributed by atoms with Crippen molar-refractivity contribution in [3.05, 3.63) is 83.9 Å². The fraction of sp³-hybridized carbons (Fsp3) is 0.385. The first-order valence-electron chi connectivity index (χ1n) is 11.6. The van der Waals surface area contributed by atoms with Gasteiger partial charge in [-0.05, 0) is 44.4 Å². The number of aromatic nitrogens is 2. The first kappa shape index (κ1) is 25.1. The molecular formula is C26H35IN6. The summed E-state index contributed by atoms with van der Waals surface area (Å²) in [5, 5.41) is 7.07. The molecule has 33 heavy (non-hydrogen) atoms. The Kier molecular flexibility index (Phi) is 9.60. The van der Waals surface area contributed by atoms with Gasteiger partial charge in [0.15, 0.2) is 5.96 Å². The van der Waals surface area contributed by atoms with Crippen LogP contribution in [0.5, 0.6) is 0 Å². The number of anilines is 1. The molecule has 3 aromatic rings. The maximum absolute atomic E-state index is 4.85. The van der Waals surface area contributed by atoms with Gasteiger partial charge in [0.25, 0.3) is 0 Å². The minimum absolute atomic E-state index is 0. The van der Waals surface area contributed by atoms with Gasteiger partial charge in [0.05, 0.1) is 0 Å². The number of benzene rings is 2. The Hall–Kier alpha value is -2.55. The lowest BCUT2D eigenvalue weighted by molar-refractivity contribution is 0.468. The van der Waals surface area contributed by atoms with Crippen molar-refractivity contribution in [2.45, 2.75) is 45.8 Å². The Balaban J connectivity index is 0.00000306. The molecule has 4 rings (SSSR count). The molecule has 1 unspecified atom stereocenters. The fourth-order valence-corrected chi connectivity index (χ4v) is 4.16. The van der Waals surface area contributed by atoms with Crippen molar-refractivity contribution in [3.63, 3.8) is 0 Å². The van der Waals surface area contributed by atoms with E-state index in [0.717, 1.165) is 44.4 Å². The minimum atomic E-state index is 0. The summed E-state index contributed by atoms with van der Waals surface area (Å²) >= 11 is 0. The summed E-state index contributed by atoms with van der Waals surface area (Å²) < 4.78 is 2.17. The summed E-state index contributed by atoms with van der Waals surface area (Å²) in [6.45, 7) is 8.51. The normalized spacial score (nSPS) is 16.2. The molecule has 1 saturated heterocycles. The highest BCUT2D eigenvalue weighted by molar-refractivity contribution is 14.0. The minimum Gasteiger partial charge on any atom is -0.369 e. The number of rotatable bonds is 7. The second-order valence-corrected chi connectivity index (χ2v) is 8.42. The summed E-state index contributed by atoms with van der Waals surface area (Å²) in [6.07, 6.45) is 6.20. The zero-order chi connectivity index (χ0) is 22.2. The Morgan fingerprint density at radius 2 is 1.91 bits per heavy atom. The van der Waals surface area contributed by atoms with E-state index in [1.54, 1.807) is 0 Å². The maximum atomic E-state index is 4.85. The number of imidazole rings is 1. The van der Waals surface area contributed by atoms with E-state index in [1.165, 1.54) is 23.2 Å². The van der Waals surface area contributed by atoms with E-state index in [4.69, 9.17) is 4.99 Å². The van der Waals surface area contributed by atoms with Gasteiger partial charge in [0.2, 0.25) is 0 Å².